The summed E-state index contributed by atoms with van der Waals surface area (Å²) in [4.78, 5) is 14.2. The number of rotatable bonds is 5. The highest BCUT2D eigenvalue weighted by Gasteiger charge is 2.11. The van der Waals surface area contributed by atoms with E-state index in [1.165, 1.54) is 0 Å². The van der Waals surface area contributed by atoms with Gasteiger partial charge in [-0.1, -0.05) is 6.07 Å². The van der Waals surface area contributed by atoms with Gasteiger partial charge in [-0.25, -0.2) is 0 Å². The van der Waals surface area contributed by atoms with Crippen molar-refractivity contribution >= 4 is 11.9 Å². The van der Waals surface area contributed by atoms with Crippen molar-refractivity contribution in [2.24, 2.45) is 0 Å². The summed E-state index contributed by atoms with van der Waals surface area (Å²) < 4.78 is 5.56. The molecule has 7 nitrogen and oxygen atoms in total. The van der Waals surface area contributed by atoms with E-state index < -0.39 is 0 Å². The standard InChI is InChI=1S/C14H16N6O/c1-3-20(4-2)13-17-12(16)18-14(19-13)21-11-7-5-6-10(8-11)9-15/h5-8H,3-4H2,1-2H3,(H2,16,17,18,19). The van der Waals surface area contributed by atoms with Crippen LogP contribution in [0.1, 0.15) is 19.4 Å². The van der Waals surface area contributed by atoms with Gasteiger partial charge >= 0.3 is 6.01 Å². The zero-order valence-electron chi connectivity index (χ0n) is 11.9. The third kappa shape index (κ3) is 3.57. The van der Waals surface area contributed by atoms with Crippen molar-refractivity contribution in [1.82, 2.24) is 15.0 Å². The van der Waals surface area contributed by atoms with Crippen molar-refractivity contribution in [2.75, 3.05) is 23.7 Å². The van der Waals surface area contributed by atoms with Gasteiger partial charge in [-0.2, -0.15) is 20.2 Å². The molecule has 0 fully saturated rings. The fourth-order valence-corrected chi connectivity index (χ4v) is 1.79. The number of ether oxygens (including phenoxy) is 1. The van der Waals surface area contributed by atoms with Crippen LogP contribution >= 0.6 is 0 Å². The first-order chi connectivity index (χ1) is 10.2. The molecule has 0 aliphatic carbocycles. The maximum Gasteiger partial charge on any atom is 0.328 e. The lowest BCUT2D eigenvalue weighted by Gasteiger charge is -2.18. The zero-order chi connectivity index (χ0) is 15.2. The minimum Gasteiger partial charge on any atom is -0.424 e. The van der Waals surface area contributed by atoms with Crippen LogP contribution in [0, 0.1) is 11.3 Å². The Kier molecular flexibility index (Phi) is 4.51. The summed E-state index contributed by atoms with van der Waals surface area (Å²) in [5, 5.41) is 8.88. The monoisotopic (exact) mass is 284 g/mol. The van der Waals surface area contributed by atoms with E-state index in [-0.39, 0.29) is 12.0 Å². The minimum absolute atomic E-state index is 0.0957. The molecule has 0 saturated heterocycles. The Morgan fingerprint density at radius 1 is 1.24 bits per heavy atom. The number of hydrogen-bond donors (Lipinski definition) is 1. The molecule has 1 heterocycles. The van der Waals surface area contributed by atoms with Gasteiger partial charge in [0.2, 0.25) is 11.9 Å². The van der Waals surface area contributed by atoms with Gasteiger partial charge in [0.25, 0.3) is 0 Å². The Morgan fingerprint density at radius 2 is 2.00 bits per heavy atom. The molecule has 2 rings (SSSR count). The number of nitrogens with zero attached hydrogens (tertiary/aromatic N) is 5. The van der Waals surface area contributed by atoms with Gasteiger partial charge in [-0.3, -0.25) is 0 Å². The molecule has 0 bridgehead atoms. The van der Waals surface area contributed by atoms with Crippen LogP contribution < -0.4 is 15.4 Å². The SMILES string of the molecule is CCN(CC)c1nc(N)nc(Oc2cccc(C#N)c2)n1. The summed E-state index contributed by atoms with van der Waals surface area (Å²) >= 11 is 0. The summed E-state index contributed by atoms with van der Waals surface area (Å²) in [5.74, 6) is 1.04. The average molecular weight is 284 g/mol. The second-order valence-corrected chi connectivity index (χ2v) is 4.19. The van der Waals surface area contributed by atoms with Gasteiger partial charge < -0.3 is 15.4 Å². The van der Waals surface area contributed by atoms with Gasteiger partial charge in [0.15, 0.2) is 0 Å². The van der Waals surface area contributed by atoms with Crippen molar-refractivity contribution in [3.8, 4) is 17.8 Å². The van der Waals surface area contributed by atoms with Crippen LogP contribution in [0.15, 0.2) is 24.3 Å². The summed E-state index contributed by atoms with van der Waals surface area (Å²) in [5.41, 5.74) is 6.19. The third-order valence-electron chi connectivity index (χ3n) is 2.84. The van der Waals surface area contributed by atoms with Gasteiger partial charge in [0, 0.05) is 13.1 Å². The second-order valence-electron chi connectivity index (χ2n) is 4.19. The third-order valence-corrected chi connectivity index (χ3v) is 2.84. The topological polar surface area (TPSA) is 101 Å². The van der Waals surface area contributed by atoms with Crippen LogP contribution in [0.3, 0.4) is 0 Å². The maximum atomic E-state index is 8.88. The number of nitriles is 1. The summed E-state index contributed by atoms with van der Waals surface area (Å²) in [6.07, 6.45) is 0. The van der Waals surface area contributed by atoms with Crippen molar-refractivity contribution < 1.29 is 4.74 Å². The Bertz CT molecular complexity index is 663. The number of anilines is 2. The van der Waals surface area contributed by atoms with Crippen LogP contribution in [-0.2, 0) is 0 Å². The molecule has 1 aromatic heterocycles. The second kappa shape index (κ2) is 6.52. The van der Waals surface area contributed by atoms with E-state index in [0.29, 0.717) is 17.3 Å². The first-order valence-corrected chi connectivity index (χ1v) is 6.60. The summed E-state index contributed by atoms with van der Waals surface area (Å²) in [6.45, 7) is 5.51. The Balaban J connectivity index is 2.29. The summed E-state index contributed by atoms with van der Waals surface area (Å²) in [7, 11) is 0. The van der Waals surface area contributed by atoms with Crippen molar-refractivity contribution in [1.29, 1.82) is 5.26 Å². The number of benzene rings is 1. The van der Waals surface area contributed by atoms with Crippen LogP contribution in [0.2, 0.25) is 0 Å². The number of aromatic nitrogens is 3. The normalized spacial score (nSPS) is 9.95. The van der Waals surface area contributed by atoms with Gasteiger partial charge in [-0.05, 0) is 32.0 Å². The molecular formula is C14H16N6O. The van der Waals surface area contributed by atoms with E-state index in [0.717, 1.165) is 13.1 Å². The predicted molar refractivity (Wildman–Crippen MR) is 79.0 cm³/mol. The molecular weight excluding hydrogens is 268 g/mol. The van der Waals surface area contributed by atoms with Crippen molar-refractivity contribution in [2.45, 2.75) is 13.8 Å². The number of nitrogen functional groups attached to an aromatic ring is 1. The Labute approximate surface area is 123 Å². The van der Waals surface area contributed by atoms with Crippen molar-refractivity contribution in [3.05, 3.63) is 29.8 Å². The fourth-order valence-electron chi connectivity index (χ4n) is 1.79. The van der Waals surface area contributed by atoms with Crippen LogP contribution in [0.5, 0.6) is 11.8 Å². The fraction of sp³-hybridized carbons (Fsp3) is 0.286. The van der Waals surface area contributed by atoms with E-state index in [1.54, 1.807) is 24.3 Å². The lowest BCUT2D eigenvalue weighted by Crippen LogP contribution is -2.25. The highest BCUT2D eigenvalue weighted by molar-refractivity contribution is 5.39. The molecule has 0 unspecified atom stereocenters. The largest absolute Gasteiger partial charge is 0.424 e. The molecule has 0 aliphatic heterocycles. The van der Waals surface area contributed by atoms with Crippen LogP contribution in [0.4, 0.5) is 11.9 Å². The summed E-state index contributed by atoms with van der Waals surface area (Å²) in [6, 6.07) is 8.90. The minimum atomic E-state index is 0.0957. The molecule has 0 radical (unpaired) electrons. The average Bonchev–Trinajstić information content (AvgIpc) is 2.48. The van der Waals surface area contributed by atoms with Gasteiger partial charge in [0.1, 0.15) is 5.75 Å². The predicted octanol–water partition coefficient (Wildman–Crippen LogP) is 1.96. The molecule has 0 saturated carbocycles. The number of hydrogen-bond acceptors (Lipinski definition) is 7. The molecule has 0 amide bonds. The van der Waals surface area contributed by atoms with E-state index in [4.69, 9.17) is 15.7 Å². The van der Waals surface area contributed by atoms with Gasteiger partial charge in [0.05, 0.1) is 11.6 Å². The molecule has 108 valence electrons. The first kappa shape index (κ1) is 14.5. The lowest BCUT2D eigenvalue weighted by molar-refractivity contribution is 0.440. The lowest BCUT2D eigenvalue weighted by atomic mass is 10.2. The van der Waals surface area contributed by atoms with Crippen LogP contribution in [0.25, 0.3) is 0 Å². The first-order valence-electron chi connectivity index (χ1n) is 6.60. The molecule has 2 N–H and O–H groups in total. The van der Waals surface area contributed by atoms with Crippen LogP contribution in [-0.4, -0.2) is 28.0 Å². The van der Waals surface area contributed by atoms with E-state index >= 15 is 0 Å². The highest BCUT2D eigenvalue weighted by Crippen LogP contribution is 2.21. The van der Waals surface area contributed by atoms with E-state index in [2.05, 4.69) is 15.0 Å². The zero-order valence-corrected chi connectivity index (χ0v) is 11.9. The maximum absolute atomic E-state index is 8.88. The molecule has 0 atom stereocenters. The Morgan fingerprint density at radius 3 is 2.67 bits per heavy atom. The molecule has 0 spiro atoms. The molecule has 1 aromatic carbocycles. The Hall–Kier alpha value is -2.88. The van der Waals surface area contributed by atoms with Gasteiger partial charge in [-0.15, -0.1) is 0 Å². The number of nitrogens with two attached hydrogens (primary N) is 1. The smallest absolute Gasteiger partial charge is 0.328 e. The molecule has 7 heteroatoms. The van der Waals surface area contributed by atoms with E-state index in [9.17, 15) is 0 Å². The quantitative estimate of drug-likeness (QED) is 0.895. The molecule has 2 aromatic rings. The molecule has 0 aliphatic rings. The highest BCUT2D eigenvalue weighted by atomic mass is 16.5. The molecule has 21 heavy (non-hydrogen) atoms. The van der Waals surface area contributed by atoms with E-state index in [1.807, 2.05) is 24.8 Å². The van der Waals surface area contributed by atoms with Crippen molar-refractivity contribution in [3.63, 3.8) is 0 Å².